The van der Waals surface area contributed by atoms with E-state index in [1.807, 2.05) is 18.2 Å². The Morgan fingerprint density at radius 3 is 2.40 bits per heavy atom. The number of anilines is 1. The van der Waals surface area contributed by atoms with Crippen molar-refractivity contribution >= 4 is 11.7 Å². The van der Waals surface area contributed by atoms with Crippen molar-refractivity contribution in [1.82, 2.24) is 14.7 Å². The summed E-state index contributed by atoms with van der Waals surface area (Å²) >= 11 is 0. The number of carbonyl (C=O) groups is 1. The lowest BCUT2D eigenvalue weighted by molar-refractivity contribution is -0.917. The van der Waals surface area contributed by atoms with E-state index in [0.717, 1.165) is 24.3 Å². The third kappa shape index (κ3) is 5.02. The summed E-state index contributed by atoms with van der Waals surface area (Å²) in [7, 11) is 0. The molecule has 6 nitrogen and oxygen atoms in total. The topological polar surface area (TPSA) is 54.6 Å². The van der Waals surface area contributed by atoms with Gasteiger partial charge in [-0.2, -0.15) is 18.3 Å². The number of piperazine rings is 1. The van der Waals surface area contributed by atoms with Gasteiger partial charge in [-0.05, 0) is 17.7 Å². The van der Waals surface area contributed by atoms with Crippen LogP contribution in [0.1, 0.15) is 40.1 Å². The second kappa shape index (κ2) is 9.33. The molecular weight excluding hydrogens is 462 g/mol. The number of hydrogen-bond donors (Lipinski definition) is 2. The molecule has 0 radical (unpaired) electrons. The number of nitrogens with zero attached hydrogens (tertiary/aromatic N) is 3. The van der Waals surface area contributed by atoms with Crippen LogP contribution in [0.15, 0.2) is 60.7 Å². The van der Waals surface area contributed by atoms with Gasteiger partial charge in [-0.3, -0.25) is 4.79 Å². The van der Waals surface area contributed by atoms with Crippen LogP contribution in [0.25, 0.3) is 0 Å². The lowest BCUT2D eigenvalue weighted by Crippen LogP contribution is -3.13. The molecule has 1 aromatic heterocycles. The van der Waals surface area contributed by atoms with E-state index in [4.69, 9.17) is 0 Å². The summed E-state index contributed by atoms with van der Waals surface area (Å²) in [6.07, 6.45) is -4.85. The molecule has 5 rings (SSSR count). The number of benzene rings is 2. The fraction of sp³-hybridized carbons (Fsp3) is 0.360. The molecule has 3 heterocycles. The summed E-state index contributed by atoms with van der Waals surface area (Å²) in [6.45, 7) is 3.40. The zero-order chi connectivity index (χ0) is 24.6. The largest absolute Gasteiger partial charge is 0.410 e. The Morgan fingerprint density at radius 1 is 1.06 bits per heavy atom. The maximum Gasteiger partial charge on any atom is 0.410 e. The predicted octanol–water partition coefficient (Wildman–Crippen LogP) is 3.22. The first kappa shape index (κ1) is 23.3. The van der Waals surface area contributed by atoms with Gasteiger partial charge < -0.3 is 15.1 Å². The molecule has 0 aliphatic carbocycles. The van der Waals surface area contributed by atoms with Crippen LogP contribution < -0.4 is 10.2 Å². The maximum absolute atomic E-state index is 13.9. The Balaban J connectivity index is 1.30. The van der Waals surface area contributed by atoms with Gasteiger partial charge in [0.05, 0.1) is 32.2 Å². The standard InChI is InChI=1S/C25H25F4N5O/c26-19-8-6-18(7-9-19)20-14-22(25(27,28)29)34-23(30-20)15-21(31-34)24(35)33-12-10-32(11-13-33)16-17-4-2-1-3-5-17/h1-9,15,20,22,30H,10-14,16H2/p+1/t20-,22+/m0/s1. The lowest BCUT2D eigenvalue weighted by atomic mass is 9.97. The second-order valence-electron chi connectivity index (χ2n) is 9.11. The van der Waals surface area contributed by atoms with Crippen LogP contribution in [0, 0.1) is 5.82 Å². The normalized spacial score (nSPS) is 20.9. The number of alkyl halides is 3. The average molecular weight is 489 g/mol. The van der Waals surface area contributed by atoms with Crippen molar-refractivity contribution in [2.75, 3.05) is 31.5 Å². The van der Waals surface area contributed by atoms with Gasteiger partial charge in [0, 0.05) is 18.1 Å². The second-order valence-corrected chi connectivity index (χ2v) is 9.11. The number of aromatic nitrogens is 2. The van der Waals surface area contributed by atoms with E-state index < -0.39 is 24.1 Å². The summed E-state index contributed by atoms with van der Waals surface area (Å²) in [6, 6.07) is 14.3. The molecule has 0 spiro atoms. The minimum absolute atomic E-state index is 0.00647. The zero-order valence-corrected chi connectivity index (χ0v) is 18.9. The number of fused-ring (bicyclic) bond motifs is 1. The van der Waals surface area contributed by atoms with Gasteiger partial charge in [0.15, 0.2) is 11.7 Å². The van der Waals surface area contributed by atoms with Crippen LogP contribution in [0.4, 0.5) is 23.4 Å². The Bertz CT molecular complexity index is 1170. The van der Waals surface area contributed by atoms with Gasteiger partial charge in [-0.15, -0.1) is 0 Å². The molecule has 0 saturated carbocycles. The van der Waals surface area contributed by atoms with Crippen LogP contribution in [-0.2, 0) is 6.54 Å². The summed E-state index contributed by atoms with van der Waals surface area (Å²) < 4.78 is 55.9. The molecule has 1 saturated heterocycles. The fourth-order valence-electron chi connectivity index (χ4n) is 4.84. The van der Waals surface area contributed by atoms with Crippen LogP contribution in [0.3, 0.4) is 0 Å². The quantitative estimate of drug-likeness (QED) is 0.555. The number of amides is 1. The molecule has 3 aromatic rings. The molecule has 1 fully saturated rings. The van der Waals surface area contributed by atoms with Gasteiger partial charge in [-0.1, -0.05) is 42.5 Å². The molecule has 35 heavy (non-hydrogen) atoms. The van der Waals surface area contributed by atoms with E-state index in [9.17, 15) is 22.4 Å². The lowest BCUT2D eigenvalue weighted by Gasteiger charge is -2.33. The minimum Gasteiger partial charge on any atom is -0.363 e. The van der Waals surface area contributed by atoms with E-state index in [-0.39, 0.29) is 23.8 Å². The first-order valence-corrected chi connectivity index (χ1v) is 11.6. The van der Waals surface area contributed by atoms with E-state index in [0.29, 0.717) is 18.7 Å². The van der Waals surface area contributed by atoms with E-state index in [2.05, 4.69) is 22.5 Å². The highest BCUT2D eigenvalue weighted by molar-refractivity contribution is 5.93. The smallest absolute Gasteiger partial charge is 0.363 e. The van der Waals surface area contributed by atoms with Crippen LogP contribution >= 0.6 is 0 Å². The highest BCUT2D eigenvalue weighted by Gasteiger charge is 2.47. The van der Waals surface area contributed by atoms with Crippen molar-refractivity contribution in [3.05, 3.63) is 83.3 Å². The number of nitrogens with one attached hydrogen (secondary N) is 2. The molecule has 2 aromatic carbocycles. The minimum atomic E-state index is -4.55. The number of carbonyl (C=O) groups excluding carboxylic acids is 1. The van der Waals surface area contributed by atoms with Crippen molar-refractivity contribution in [2.45, 2.75) is 31.2 Å². The molecule has 0 bridgehead atoms. The summed E-state index contributed by atoms with van der Waals surface area (Å²) in [4.78, 5) is 16.1. The van der Waals surface area contributed by atoms with Gasteiger partial charge in [-0.25, -0.2) is 9.07 Å². The number of rotatable bonds is 4. The SMILES string of the molecule is O=C(c1cc2n(n1)[C@@H](C(F)(F)F)C[C@@H](c1ccc(F)cc1)N2)N1CC[NH+](Cc2ccccc2)CC1. The molecule has 2 N–H and O–H groups in total. The van der Waals surface area contributed by atoms with Crippen molar-refractivity contribution in [3.8, 4) is 0 Å². The number of hydrogen-bond acceptors (Lipinski definition) is 3. The molecule has 2 aliphatic rings. The first-order chi connectivity index (χ1) is 16.8. The average Bonchev–Trinajstić information content (AvgIpc) is 3.28. The van der Waals surface area contributed by atoms with Crippen molar-refractivity contribution in [2.24, 2.45) is 0 Å². The maximum atomic E-state index is 13.9. The van der Waals surface area contributed by atoms with Gasteiger partial charge in [0.2, 0.25) is 0 Å². The van der Waals surface area contributed by atoms with Crippen molar-refractivity contribution < 1.29 is 27.3 Å². The Labute approximate surface area is 200 Å². The highest BCUT2D eigenvalue weighted by Crippen LogP contribution is 2.43. The van der Waals surface area contributed by atoms with E-state index >= 15 is 0 Å². The highest BCUT2D eigenvalue weighted by atomic mass is 19.4. The van der Waals surface area contributed by atoms with Crippen molar-refractivity contribution in [1.29, 1.82) is 0 Å². The number of quaternary nitrogens is 1. The number of halogens is 4. The van der Waals surface area contributed by atoms with Gasteiger partial charge in [0.25, 0.3) is 5.91 Å². The Morgan fingerprint density at radius 2 is 1.74 bits per heavy atom. The first-order valence-electron chi connectivity index (χ1n) is 11.6. The third-order valence-electron chi connectivity index (χ3n) is 6.74. The molecule has 2 aliphatic heterocycles. The summed E-state index contributed by atoms with van der Waals surface area (Å²) in [5.74, 6) is -0.697. The predicted molar refractivity (Wildman–Crippen MR) is 121 cm³/mol. The Kier molecular flexibility index (Phi) is 6.22. The van der Waals surface area contributed by atoms with Crippen LogP contribution in [0.5, 0.6) is 0 Å². The molecular formula is C25H26F4N5O+. The van der Waals surface area contributed by atoms with Crippen LogP contribution in [0.2, 0.25) is 0 Å². The fourth-order valence-corrected chi connectivity index (χ4v) is 4.84. The van der Waals surface area contributed by atoms with E-state index in [1.165, 1.54) is 40.8 Å². The monoisotopic (exact) mass is 488 g/mol. The van der Waals surface area contributed by atoms with E-state index in [1.54, 1.807) is 4.90 Å². The Hall–Kier alpha value is -3.40. The van der Waals surface area contributed by atoms with Gasteiger partial charge >= 0.3 is 6.18 Å². The zero-order valence-electron chi connectivity index (χ0n) is 18.9. The van der Waals surface area contributed by atoms with Crippen molar-refractivity contribution in [3.63, 3.8) is 0 Å². The molecule has 184 valence electrons. The van der Waals surface area contributed by atoms with Gasteiger partial charge in [0.1, 0.15) is 18.2 Å². The molecule has 1 amide bonds. The summed E-state index contributed by atoms with van der Waals surface area (Å²) in [5.41, 5.74) is 1.76. The molecule has 0 unspecified atom stereocenters. The molecule has 10 heteroatoms. The summed E-state index contributed by atoms with van der Waals surface area (Å²) in [5, 5.41) is 7.13. The molecule has 2 atom stereocenters. The third-order valence-corrected chi connectivity index (χ3v) is 6.74. The van der Waals surface area contributed by atoms with Crippen LogP contribution in [-0.4, -0.2) is 52.9 Å².